The van der Waals surface area contributed by atoms with Crippen molar-refractivity contribution in [1.82, 2.24) is 0 Å². The van der Waals surface area contributed by atoms with Gasteiger partial charge in [0.25, 0.3) is 0 Å². The van der Waals surface area contributed by atoms with E-state index in [9.17, 15) is 0 Å². The minimum atomic E-state index is 0.0497. The maximum atomic E-state index is 5.72. The minimum Gasteiger partial charge on any atom is -0.493 e. The number of hydrogen-bond donors (Lipinski definition) is 0. The average molecular weight is 228 g/mol. The standard InChI is InChI=1S/C13H24O3/c1-3-5-8-14-11-13-12(7-10-16-13)15-9-6-4-2/h7,10,12-13H,3-6,8-9,11H2,1-2H3/t12-,13-/m1/s1. The van der Waals surface area contributed by atoms with Gasteiger partial charge in [-0.25, -0.2) is 0 Å². The van der Waals surface area contributed by atoms with E-state index in [1.807, 2.05) is 6.08 Å². The molecule has 3 nitrogen and oxygen atoms in total. The van der Waals surface area contributed by atoms with Gasteiger partial charge >= 0.3 is 0 Å². The summed E-state index contributed by atoms with van der Waals surface area (Å²) in [5, 5.41) is 0. The minimum absolute atomic E-state index is 0.0497. The number of rotatable bonds is 9. The van der Waals surface area contributed by atoms with Crippen molar-refractivity contribution in [3.63, 3.8) is 0 Å². The molecule has 0 spiro atoms. The molecule has 0 radical (unpaired) electrons. The van der Waals surface area contributed by atoms with E-state index >= 15 is 0 Å². The van der Waals surface area contributed by atoms with E-state index in [4.69, 9.17) is 14.2 Å². The van der Waals surface area contributed by atoms with Gasteiger partial charge in [0.15, 0.2) is 6.10 Å². The second-order valence-electron chi connectivity index (χ2n) is 4.12. The molecule has 0 aromatic rings. The fourth-order valence-electron chi connectivity index (χ4n) is 1.53. The molecule has 0 saturated carbocycles. The third-order valence-corrected chi connectivity index (χ3v) is 2.62. The molecule has 16 heavy (non-hydrogen) atoms. The Balaban J connectivity index is 2.10. The Kier molecular flexibility index (Phi) is 7.26. The van der Waals surface area contributed by atoms with Gasteiger partial charge in [-0.1, -0.05) is 26.7 Å². The summed E-state index contributed by atoms with van der Waals surface area (Å²) in [5.41, 5.74) is 0. The number of ether oxygens (including phenoxy) is 3. The first-order valence-corrected chi connectivity index (χ1v) is 6.40. The lowest BCUT2D eigenvalue weighted by atomic mass is 10.2. The zero-order valence-electron chi connectivity index (χ0n) is 10.5. The highest BCUT2D eigenvalue weighted by molar-refractivity contribution is 4.97. The van der Waals surface area contributed by atoms with Crippen molar-refractivity contribution in [1.29, 1.82) is 0 Å². The van der Waals surface area contributed by atoms with Gasteiger partial charge in [-0.05, 0) is 18.9 Å². The van der Waals surface area contributed by atoms with E-state index in [0.29, 0.717) is 6.61 Å². The van der Waals surface area contributed by atoms with E-state index in [1.54, 1.807) is 6.26 Å². The maximum Gasteiger partial charge on any atom is 0.151 e. The molecule has 2 atom stereocenters. The molecule has 1 aliphatic heterocycles. The third-order valence-electron chi connectivity index (χ3n) is 2.62. The van der Waals surface area contributed by atoms with Gasteiger partial charge in [-0.3, -0.25) is 0 Å². The van der Waals surface area contributed by atoms with Crippen LogP contribution in [0.5, 0.6) is 0 Å². The lowest BCUT2D eigenvalue weighted by Crippen LogP contribution is -2.30. The van der Waals surface area contributed by atoms with E-state index in [-0.39, 0.29) is 12.2 Å². The zero-order chi connectivity index (χ0) is 11.6. The Morgan fingerprint density at radius 3 is 2.62 bits per heavy atom. The van der Waals surface area contributed by atoms with Crippen molar-refractivity contribution in [3.05, 3.63) is 12.3 Å². The Morgan fingerprint density at radius 2 is 1.88 bits per heavy atom. The highest BCUT2D eigenvalue weighted by Gasteiger charge is 2.25. The summed E-state index contributed by atoms with van der Waals surface area (Å²) in [6.07, 6.45) is 8.38. The summed E-state index contributed by atoms with van der Waals surface area (Å²) in [4.78, 5) is 0. The second kappa shape index (κ2) is 8.59. The predicted molar refractivity (Wildman–Crippen MR) is 64.4 cm³/mol. The first kappa shape index (κ1) is 13.5. The Labute approximate surface area is 98.8 Å². The van der Waals surface area contributed by atoms with Crippen LogP contribution in [-0.4, -0.2) is 32.0 Å². The molecule has 0 aromatic carbocycles. The zero-order valence-corrected chi connectivity index (χ0v) is 10.5. The largest absolute Gasteiger partial charge is 0.493 e. The Morgan fingerprint density at radius 1 is 1.12 bits per heavy atom. The van der Waals surface area contributed by atoms with Crippen LogP contribution in [0.3, 0.4) is 0 Å². The summed E-state index contributed by atoms with van der Waals surface area (Å²) in [6, 6.07) is 0. The van der Waals surface area contributed by atoms with Gasteiger partial charge < -0.3 is 14.2 Å². The molecule has 1 aliphatic rings. The summed E-state index contributed by atoms with van der Waals surface area (Å²) >= 11 is 0. The summed E-state index contributed by atoms with van der Waals surface area (Å²) in [6.45, 7) is 6.57. The molecule has 0 fully saturated rings. The van der Waals surface area contributed by atoms with Crippen molar-refractivity contribution in [2.24, 2.45) is 0 Å². The van der Waals surface area contributed by atoms with Crippen molar-refractivity contribution in [2.45, 2.75) is 51.7 Å². The van der Waals surface area contributed by atoms with Crippen molar-refractivity contribution >= 4 is 0 Å². The molecule has 1 heterocycles. The fourth-order valence-corrected chi connectivity index (χ4v) is 1.53. The van der Waals surface area contributed by atoms with Gasteiger partial charge in [0.1, 0.15) is 6.10 Å². The lowest BCUT2D eigenvalue weighted by molar-refractivity contribution is -0.0408. The molecule has 0 unspecified atom stereocenters. The van der Waals surface area contributed by atoms with Crippen LogP contribution < -0.4 is 0 Å². The van der Waals surface area contributed by atoms with Crippen LogP contribution in [0.15, 0.2) is 12.3 Å². The van der Waals surface area contributed by atoms with Gasteiger partial charge in [0, 0.05) is 13.2 Å². The van der Waals surface area contributed by atoms with E-state index < -0.39 is 0 Å². The molecule has 0 aromatic heterocycles. The maximum absolute atomic E-state index is 5.72. The summed E-state index contributed by atoms with van der Waals surface area (Å²) in [7, 11) is 0. The molecule has 0 aliphatic carbocycles. The number of unbranched alkanes of at least 4 members (excludes halogenated alkanes) is 2. The van der Waals surface area contributed by atoms with Crippen molar-refractivity contribution in [2.75, 3.05) is 19.8 Å². The van der Waals surface area contributed by atoms with Crippen molar-refractivity contribution < 1.29 is 14.2 Å². The normalized spacial score (nSPS) is 23.6. The molecule has 94 valence electrons. The Bertz CT molecular complexity index is 192. The molecule has 0 saturated heterocycles. The van der Waals surface area contributed by atoms with Crippen LogP contribution in [0.1, 0.15) is 39.5 Å². The van der Waals surface area contributed by atoms with E-state index in [0.717, 1.165) is 32.5 Å². The molecule has 3 heteroatoms. The van der Waals surface area contributed by atoms with Gasteiger partial charge in [-0.15, -0.1) is 0 Å². The average Bonchev–Trinajstić information content (AvgIpc) is 2.73. The second-order valence-corrected chi connectivity index (χ2v) is 4.12. The summed E-state index contributed by atoms with van der Waals surface area (Å²) in [5.74, 6) is 0. The van der Waals surface area contributed by atoms with Gasteiger partial charge in [0.2, 0.25) is 0 Å². The smallest absolute Gasteiger partial charge is 0.151 e. The molecular formula is C13H24O3. The van der Waals surface area contributed by atoms with Crippen LogP contribution in [0.2, 0.25) is 0 Å². The van der Waals surface area contributed by atoms with Gasteiger partial charge in [-0.2, -0.15) is 0 Å². The highest BCUT2D eigenvalue weighted by Crippen LogP contribution is 2.15. The molecular weight excluding hydrogens is 204 g/mol. The molecule has 0 amide bonds. The lowest BCUT2D eigenvalue weighted by Gasteiger charge is -2.19. The van der Waals surface area contributed by atoms with Crippen molar-refractivity contribution in [3.8, 4) is 0 Å². The quantitative estimate of drug-likeness (QED) is 0.568. The van der Waals surface area contributed by atoms with Crippen LogP contribution in [0.25, 0.3) is 0 Å². The topological polar surface area (TPSA) is 27.7 Å². The van der Waals surface area contributed by atoms with E-state index in [1.165, 1.54) is 6.42 Å². The fraction of sp³-hybridized carbons (Fsp3) is 0.846. The van der Waals surface area contributed by atoms with Crippen LogP contribution >= 0.6 is 0 Å². The van der Waals surface area contributed by atoms with Crippen LogP contribution in [0.4, 0.5) is 0 Å². The molecule has 0 bridgehead atoms. The summed E-state index contributed by atoms with van der Waals surface area (Å²) < 4.78 is 16.7. The first-order valence-electron chi connectivity index (χ1n) is 6.40. The van der Waals surface area contributed by atoms with Crippen LogP contribution in [0, 0.1) is 0 Å². The first-order chi connectivity index (χ1) is 7.88. The van der Waals surface area contributed by atoms with Gasteiger partial charge in [0.05, 0.1) is 12.9 Å². The number of hydrogen-bond acceptors (Lipinski definition) is 3. The Hall–Kier alpha value is -0.540. The van der Waals surface area contributed by atoms with E-state index in [2.05, 4.69) is 13.8 Å². The monoisotopic (exact) mass is 228 g/mol. The van der Waals surface area contributed by atoms with Crippen LogP contribution in [-0.2, 0) is 14.2 Å². The third kappa shape index (κ3) is 4.99. The predicted octanol–water partition coefficient (Wildman–Crippen LogP) is 2.90. The molecule has 0 N–H and O–H groups in total. The molecule has 1 rings (SSSR count). The SMILES string of the molecule is CCCCOC[C@H]1OC=C[C@H]1OCCCC. The highest BCUT2D eigenvalue weighted by atomic mass is 16.6.